The Morgan fingerprint density at radius 3 is 2.28 bits per heavy atom. The minimum Gasteiger partial charge on any atom is -0.493 e. The second-order valence-electron chi connectivity index (χ2n) is 6.83. The van der Waals surface area contributed by atoms with E-state index in [0.29, 0.717) is 23.9 Å². The van der Waals surface area contributed by atoms with Crippen LogP contribution in [-0.2, 0) is 9.53 Å². The molecule has 1 aromatic carbocycles. The monoisotopic (exact) mass is 400 g/mol. The fourth-order valence-electron chi connectivity index (χ4n) is 3.64. The molecule has 0 spiro atoms. The molecule has 0 atom stereocenters. The minimum atomic E-state index is -0.0833. The summed E-state index contributed by atoms with van der Waals surface area (Å²) >= 11 is 0. The van der Waals surface area contributed by atoms with Crippen molar-refractivity contribution in [3.05, 3.63) is 30.5 Å². The van der Waals surface area contributed by atoms with Gasteiger partial charge in [-0.25, -0.2) is 0 Å². The molecule has 1 aliphatic rings. The van der Waals surface area contributed by atoms with Gasteiger partial charge >= 0.3 is 5.97 Å². The van der Waals surface area contributed by atoms with Crippen LogP contribution in [0.1, 0.15) is 19.8 Å². The lowest BCUT2D eigenvalue weighted by Crippen LogP contribution is -2.37. The van der Waals surface area contributed by atoms with E-state index in [1.54, 1.807) is 27.5 Å². The Bertz CT molecular complexity index is 822. The Balaban J connectivity index is 1.81. The third kappa shape index (κ3) is 4.55. The van der Waals surface area contributed by atoms with E-state index < -0.39 is 0 Å². The number of rotatable bonds is 7. The molecule has 29 heavy (non-hydrogen) atoms. The molecule has 1 fully saturated rings. The van der Waals surface area contributed by atoms with Gasteiger partial charge < -0.3 is 23.8 Å². The first-order chi connectivity index (χ1) is 14.1. The SMILES string of the molecule is CCOC(=O)C1CCN(c2ccnc(-c3cc(OC)c(OC)c(OC)c3)c2)CC1. The number of hydrogen-bond donors (Lipinski definition) is 0. The first-order valence-corrected chi connectivity index (χ1v) is 9.79. The topological polar surface area (TPSA) is 70.1 Å². The average molecular weight is 400 g/mol. The van der Waals surface area contributed by atoms with E-state index in [1.807, 2.05) is 31.2 Å². The van der Waals surface area contributed by atoms with Crippen LogP contribution >= 0.6 is 0 Å². The summed E-state index contributed by atoms with van der Waals surface area (Å²) in [5.41, 5.74) is 2.77. The third-order valence-electron chi connectivity index (χ3n) is 5.18. The van der Waals surface area contributed by atoms with E-state index in [9.17, 15) is 4.79 Å². The van der Waals surface area contributed by atoms with Gasteiger partial charge in [0.05, 0.1) is 39.5 Å². The number of anilines is 1. The number of carbonyl (C=O) groups is 1. The fraction of sp³-hybridized carbons (Fsp3) is 0.455. The van der Waals surface area contributed by atoms with Crippen molar-refractivity contribution in [2.75, 3.05) is 45.9 Å². The zero-order valence-electron chi connectivity index (χ0n) is 17.4. The van der Waals surface area contributed by atoms with Gasteiger partial charge in [0, 0.05) is 30.5 Å². The number of benzene rings is 1. The summed E-state index contributed by atoms with van der Waals surface area (Å²) < 4.78 is 21.5. The molecule has 0 unspecified atom stereocenters. The van der Waals surface area contributed by atoms with Crippen molar-refractivity contribution in [2.24, 2.45) is 5.92 Å². The summed E-state index contributed by atoms with van der Waals surface area (Å²) in [6.07, 6.45) is 3.38. The van der Waals surface area contributed by atoms with Crippen molar-refractivity contribution in [2.45, 2.75) is 19.8 Å². The Morgan fingerprint density at radius 2 is 1.72 bits per heavy atom. The van der Waals surface area contributed by atoms with Crippen molar-refractivity contribution in [1.29, 1.82) is 0 Å². The molecule has 1 aliphatic heterocycles. The summed E-state index contributed by atoms with van der Waals surface area (Å²) in [5, 5.41) is 0. The zero-order valence-corrected chi connectivity index (χ0v) is 17.4. The second kappa shape index (κ2) is 9.49. The van der Waals surface area contributed by atoms with Crippen LogP contribution in [0.5, 0.6) is 17.2 Å². The molecule has 1 saturated heterocycles. The van der Waals surface area contributed by atoms with Gasteiger partial charge in [-0.05, 0) is 44.0 Å². The Hall–Kier alpha value is -2.96. The number of aromatic nitrogens is 1. The lowest BCUT2D eigenvalue weighted by atomic mass is 9.96. The molecular formula is C22H28N2O5. The van der Waals surface area contributed by atoms with Gasteiger partial charge in [-0.15, -0.1) is 0 Å². The maximum Gasteiger partial charge on any atom is 0.309 e. The van der Waals surface area contributed by atoms with Crippen molar-refractivity contribution in [3.8, 4) is 28.5 Å². The van der Waals surface area contributed by atoms with Crippen LogP contribution in [0, 0.1) is 5.92 Å². The van der Waals surface area contributed by atoms with Crippen LogP contribution in [0.3, 0.4) is 0 Å². The quantitative estimate of drug-likeness (QED) is 0.658. The number of ether oxygens (including phenoxy) is 4. The highest BCUT2D eigenvalue weighted by Crippen LogP contribution is 2.41. The highest BCUT2D eigenvalue weighted by Gasteiger charge is 2.26. The smallest absolute Gasteiger partial charge is 0.309 e. The summed E-state index contributed by atoms with van der Waals surface area (Å²) in [6, 6.07) is 7.82. The van der Waals surface area contributed by atoms with E-state index in [1.165, 1.54) is 0 Å². The predicted molar refractivity (Wildman–Crippen MR) is 111 cm³/mol. The number of esters is 1. The first kappa shape index (κ1) is 20.8. The average Bonchev–Trinajstić information content (AvgIpc) is 2.78. The van der Waals surface area contributed by atoms with Gasteiger partial charge in [0.15, 0.2) is 11.5 Å². The van der Waals surface area contributed by atoms with E-state index in [0.717, 1.165) is 42.9 Å². The van der Waals surface area contributed by atoms with Gasteiger partial charge in [0.25, 0.3) is 0 Å². The lowest BCUT2D eigenvalue weighted by molar-refractivity contribution is -0.148. The maximum absolute atomic E-state index is 12.0. The highest BCUT2D eigenvalue weighted by molar-refractivity contribution is 5.73. The molecule has 3 rings (SSSR count). The molecule has 0 N–H and O–H groups in total. The van der Waals surface area contributed by atoms with Crippen LogP contribution in [0.4, 0.5) is 5.69 Å². The second-order valence-corrected chi connectivity index (χ2v) is 6.83. The van der Waals surface area contributed by atoms with Crippen molar-refractivity contribution >= 4 is 11.7 Å². The van der Waals surface area contributed by atoms with E-state index >= 15 is 0 Å². The van der Waals surface area contributed by atoms with Gasteiger partial charge in [-0.2, -0.15) is 0 Å². The molecule has 7 nitrogen and oxygen atoms in total. The predicted octanol–water partition coefficient (Wildman–Crippen LogP) is 3.55. The molecule has 156 valence electrons. The summed E-state index contributed by atoms with van der Waals surface area (Å²) in [4.78, 5) is 18.8. The number of methoxy groups -OCH3 is 3. The highest BCUT2D eigenvalue weighted by atomic mass is 16.5. The fourth-order valence-corrected chi connectivity index (χ4v) is 3.64. The largest absolute Gasteiger partial charge is 0.493 e. The standard InChI is InChI=1S/C22H28N2O5/c1-5-29-22(25)15-7-10-24(11-8-15)17-6-9-23-18(14-17)16-12-19(26-2)21(28-4)20(13-16)27-3/h6,9,12-15H,5,7-8,10-11H2,1-4H3. The molecule has 1 aromatic heterocycles. The Kier molecular flexibility index (Phi) is 6.80. The summed E-state index contributed by atoms with van der Waals surface area (Å²) in [7, 11) is 4.77. The van der Waals surface area contributed by atoms with Crippen molar-refractivity contribution in [3.63, 3.8) is 0 Å². The third-order valence-corrected chi connectivity index (χ3v) is 5.18. The van der Waals surface area contributed by atoms with Gasteiger partial charge in [-0.1, -0.05) is 0 Å². The maximum atomic E-state index is 12.0. The molecule has 0 amide bonds. The number of hydrogen-bond acceptors (Lipinski definition) is 7. The summed E-state index contributed by atoms with van der Waals surface area (Å²) in [5.74, 6) is 1.63. The molecule has 7 heteroatoms. The van der Waals surface area contributed by atoms with Gasteiger partial charge in [-0.3, -0.25) is 9.78 Å². The first-order valence-electron chi connectivity index (χ1n) is 9.79. The Morgan fingerprint density at radius 1 is 1.07 bits per heavy atom. The number of piperidine rings is 1. The number of nitrogens with zero attached hydrogens (tertiary/aromatic N) is 2. The molecule has 0 bridgehead atoms. The van der Waals surface area contributed by atoms with Crippen LogP contribution in [0.2, 0.25) is 0 Å². The van der Waals surface area contributed by atoms with E-state index in [2.05, 4.69) is 9.88 Å². The summed E-state index contributed by atoms with van der Waals surface area (Å²) in [6.45, 7) is 3.89. The minimum absolute atomic E-state index is 0.0115. The molecule has 2 heterocycles. The van der Waals surface area contributed by atoms with E-state index in [-0.39, 0.29) is 11.9 Å². The van der Waals surface area contributed by atoms with Crippen LogP contribution in [-0.4, -0.2) is 52.0 Å². The van der Waals surface area contributed by atoms with Crippen LogP contribution in [0.25, 0.3) is 11.3 Å². The van der Waals surface area contributed by atoms with Crippen LogP contribution in [0.15, 0.2) is 30.5 Å². The lowest BCUT2D eigenvalue weighted by Gasteiger charge is -2.32. The van der Waals surface area contributed by atoms with E-state index in [4.69, 9.17) is 18.9 Å². The van der Waals surface area contributed by atoms with Gasteiger partial charge in [0.2, 0.25) is 5.75 Å². The number of pyridine rings is 1. The zero-order chi connectivity index (χ0) is 20.8. The number of carbonyl (C=O) groups excluding carboxylic acids is 1. The Labute approximate surface area is 171 Å². The molecule has 0 radical (unpaired) electrons. The van der Waals surface area contributed by atoms with Crippen LogP contribution < -0.4 is 19.1 Å². The normalized spacial score (nSPS) is 14.4. The van der Waals surface area contributed by atoms with Crippen molar-refractivity contribution in [1.82, 2.24) is 4.98 Å². The molecule has 2 aromatic rings. The van der Waals surface area contributed by atoms with Gasteiger partial charge in [0.1, 0.15) is 0 Å². The molecule has 0 saturated carbocycles. The van der Waals surface area contributed by atoms with Crippen molar-refractivity contribution < 1.29 is 23.7 Å². The molecular weight excluding hydrogens is 372 g/mol. The molecule has 0 aliphatic carbocycles.